The van der Waals surface area contributed by atoms with Crippen molar-refractivity contribution in [3.63, 3.8) is 0 Å². The highest BCUT2D eigenvalue weighted by atomic mass is 16.5. The van der Waals surface area contributed by atoms with Crippen LogP contribution < -0.4 is 0 Å². The molecule has 1 aromatic rings. The van der Waals surface area contributed by atoms with Crippen LogP contribution in [0.2, 0.25) is 0 Å². The molecule has 1 rings (SSSR count). The molecule has 0 saturated carbocycles. The summed E-state index contributed by atoms with van der Waals surface area (Å²) >= 11 is 0. The Kier molecular flexibility index (Phi) is 5.31. The van der Waals surface area contributed by atoms with E-state index >= 15 is 0 Å². The predicted molar refractivity (Wildman–Crippen MR) is 78.4 cm³/mol. The number of ketones is 1. The molecule has 1 aromatic carbocycles. The lowest BCUT2D eigenvalue weighted by Crippen LogP contribution is -2.34. The van der Waals surface area contributed by atoms with Crippen LogP contribution in [0.1, 0.15) is 38.8 Å². The van der Waals surface area contributed by atoms with Gasteiger partial charge in [0.05, 0.1) is 13.2 Å². The van der Waals surface area contributed by atoms with Crippen molar-refractivity contribution in [2.75, 3.05) is 14.2 Å². The second kappa shape index (κ2) is 6.55. The molecule has 20 heavy (non-hydrogen) atoms. The monoisotopic (exact) mass is 277 g/mol. The predicted octanol–water partition coefficient (Wildman–Crippen LogP) is 3.43. The van der Waals surface area contributed by atoms with Gasteiger partial charge in [-0.25, -0.2) is 4.79 Å². The summed E-state index contributed by atoms with van der Waals surface area (Å²) in [5.41, 5.74) is 0.502. The summed E-state index contributed by atoms with van der Waals surface area (Å²) in [6, 6.07) is 9.23. The first-order valence-corrected chi connectivity index (χ1v) is 6.66. The zero-order chi connectivity index (χ0) is 15.3. The van der Waals surface area contributed by atoms with E-state index < -0.39 is 11.5 Å². The number of nitrogens with zero attached hydrogens (tertiary/aromatic N) is 1. The van der Waals surface area contributed by atoms with E-state index in [1.54, 1.807) is 7.05 Å². The highest BCUT2D eigenvalue weighted by molar-refractivity contribution is 5.84. The van der Waals surface area contributed by atoms with Crippen molar-refractivity contribution in [1.29, 1.82) is 0 Å². The third kappa shape index (κ3) is 4.08. The van der Waals surface area contributed by atoms with E-state index in [-0.39, 0.29) is 18.2 Å². The van der Waals surface area contributed by atoms with Gasteiger partial charge in [-0.1, -0.05) is 51.1 Å². The first-order chi connectivity index (χ1) is 9.27. The number of carbonyl (C=O) groups is 2. The molecular formula is C16H23NO3. The second-order valence-electron chi connectivity index (χ2n) is 5.88. The van der Waals surface area contributed by atoms with Crippen LogP contribution in [0, 0.1) is 5.41 Å². The summed E-state index contributed by atoms with van der Waals surface area (Å²) in [4.78, 5) is 25.5. The average molecular weight is 277 g/mol. The number of benzene rings is 1. The van der Waals surface area contributed by atoms with Gasteiger partial charge in [-0.2, -0.15) is 0 Å². The Balaban J connectivity index is 3.03. The van der Waals surface area contributed by atoms with Gasteiger partial charge in [-0.3, -0.25) is 4.79 Å². The van der Waals surface area contributed by atoms with E-state index in [2.05, 4.69) is 0 Å². The molecule has 0 fully saturated rings. The minimum Gasteiger partial charge on any atom is -0.453 e. The highest BCUT2D eigenvalue weighted by Crippen LogP contribution is 2.28. The first kappa shape index (κ1) is 16.2. The lowest BCUT2D eigenvalue weighted by atomic mass is 9.85. The van der Waals surface area contributed by atoms with E-state index in [9.17, 15) is 9.59 Å². The van der Waals surface area contributed by atoms with E-state index in [4.69, 9.17) is 4.74 Å². The van der Waals surface area contributed by atoms with Crippen LogP contribution in [0.5, 0.6) is 0 Å². The Labute approximate surface area is 120 Å². The van der Waals surface area contributed by atoms with Gasteiger partial charge < -0.3 is 9.64 Å². The largest absolute Gasteiger partial charge is 0.453 e. The minimum atomic E-state index is -0.444. The van der Waals surface area contributed by atoms with Crippen molar-refractivity contribution in [2.45, 2.75) is 33.2 Å². The Hall–Kier alpha value is -1.84. The molecule has 1 atom stereocenters. The Morgan fingerprint density at radius 3 is 2.20 bits per heavy atom. The number of hydrogen-bond donors (Lipinski definition) is 0. The third-order valence-corrected chi connectivity index (χ3v) is 3.33. The summed E-state index contributed by atoms with van der Waals surface area (Å²) in [7, 11) is 2.99. The molecule has 1 amide bonds. The van der Waals surface area contributed by atoms with Crippen LogP contribution in [0.4, 0.5) is 4.79 Å². The Morgan fingerprint density at radius 2 is 1.75 bits per heavy atom. The maximum atomic E-state index is 12.3. The molecule has 0 radical (unpaired) electrons. The van der Waals surface area contributed by atoms with Gasteiger partial charge in [-0.15, -0.1) is 0 Å². The second-order valence-corrected chi connectivity index (χ2v) is 5.88. The third-order valence-electron chi connectivity index (χ3n) is 3.33. The molecule has 0 aromatic heterocycles. The van der Waals surface area contributed by atoms with E-state index in [0.717, 1.165) is 5.56 Å². The molecule has 4 heteroatoms. The minimum absolute atomic E-state index is 0.113. The quantitative estimate of drug-likeness (QED) is 0.847. The fourth-order valence-corrected chi connectivity index (χ4v) is 1.91. The number of Topliss-reactive ketones (excluding diaryl/α,β-unsaturated/α-hetero) is 1. The molecule has 110 valence electrons. The Bertz CT molecular complexity index is 462. The standard InChI is InChI=1S/C16H23NO3/c1-16(2,3)14(18)11-13(17(4)15(19)20-5)12-9-7-6-8-10-12/h6-10,13H,11H2,1-5H3/t13-/m0/s1. The van der Waals surface area contributed by atoms with Gasteiger partial charge in [0.25, 0.3) is 0 Å². The SMILES string of the molecule is COC(=O)N(C)[C@@H](CC(=O)C(C)(C)C)c1ccccc1. The summed E-state index contributed by atoms with van der Waals surface area (Å²) in [5.74, 6) is 0.113. The molecule has 0 aliphatic rings. The zero-order valence-electron chi connectivity index (χ0n) is 12.8. The molecular weight excluding hydrogens is 254 g/mol. The fourth-order valence-electron chi connectivity index (χ4n) is 1.91. The molecule has 0 unspecified atom stereocenters. The van der Waals surface area contributed by atoms with Crippen molar-refractivity contribution in [3.8, 4) is 0 Å². The molecule has 0 saturated heterocycles. The van der Waals surface area contributed by atoms with Crippen LogP contribution in [0.15, 0.2) is 30.3 Å². The molecule has 0 aliphatic heterocycles. The van der Waals surface area contributed by atoms with Crippen molar-refractivity contribution in [1.82, 2.24) is 4.90 Å². The maximum absolute atomic E-state index is 12.3. The molecule has 0 heterocycles. The number of carbonyl (C=O) groups excluding carboxylic acids is 2. The van der Waals surface area contributed by atoms with Crippen molar-refractivity contribution in [2.24, 2.45) is 5.41 Å². The first-order valence-electron chi connectivity index (χ1n) is 6.66. The fraction of sp³-hybridized carbons (Fsp3) is 0.500. The zero-order valence-corrected chi connectivity index (χ0v) is 12.8. The smallest absolute Gasteiger partial charge is 0.409 e. The lowest BCUT2D eigenvalue weighted by molar-refractivity contribution is -0.127. The average Bonchev–Trinajstić information content (AvgIpc) is 2.42. The van der Waals surface area contributed by atoms with Crippen molar-refractivity contribution < 1.29 is 14.3 Å². The summed E-state index contributed by atoms with van der Waals surface area (Å²) in [6.45, 7) is 5.65. The van der Waals surface area contributed by atoms with Gasteiger partial charge in [0.2, 0.25) is 0 Å². The van der Waals surface area contributed by atoms with Gasteiger partial charge >= 0.3 is 6.09 Å². The number of hydrogen-bond acceptors (Lipinski definition) is 3. The summed E-state index contributed by atoms with van der Waals surface area (Å²) < 4.78 is 4.76. The van der Waals surface area contributed by atoms with Gasteiger partial charge in [0, 0.05) is 18.9 Å². The van der Waals surface area contributed by atoms with Crippen LogP contribution >= 0.6 is 0 Å². The van der Waals surface area contributed by atoms with E-state index in [1.807, 2.05) is 51.1 Å². The molecule has 0 N–H and O–H groups in total. The lowest BCUT2D eigenvalue weighted by Gasteiger charge is -2.29. The topological polar surface area (TPSA) is 46.6 Å². The maximum Gasteiger partial charge on any atom is 0.409 e. The summed E-state index contributed by atoms with van der Waals surface area (Å²) in [5, 5.41) is 0. The van der Waals surface area contributed by atoms with Gasteiger partial charge in [0.15, 0.2) is 0 Å². The van der Waals surface area contributed by atoms with E-state index in [1.165, 1.54) is 12.0 Å². The normalized spacial score (nSPS) is 12.7. The highest BCUT2D eigenvalue weighted by Gasteiger charge is 2.29. The molecule has 0 bridgehead atoms. The van der Waals surface area contributed by atoms with Crippen LogP contribution in [-0.4, -0.2) is 30.9 Å². The van der Waals surface area contributed by atoms with Gasteiger partial charge in [-0.05, 0) is 5.56 Å². The molecule has 0 aliphatic carbocycles. The van der Waals surface area contributed by atoms with E-state index in [0.29, 0.717) is 0 Å². The van der Waals surface area contributed by atoms with Crippen LogP contribution in [0.25, 0.3) is 0 Å². The molecule has 0 spiro atoms. The summed E-state index contributed by atoms with van der Waals surface area (Å²) in [6.07, 6.45) is -0.167. The molecule has 4 nitrogen and oxygen atoms in total. The van der Waals surface area contributed by atoms with Crippen molar-refractivity contribution in [3.05, 3.63) is 35.9 Å². The van der Waals surface area contributed by atoms with Crippen molar-refractivity contribution >= 4 is 11.9 Å². The number of ether oxygens (including phenoxy) is 1. The number of amides is 1. The Morgan fingerprint density at radius 1 is 1.20 bits per heavy atom. The van der Waals surface area contributed by atoms with Crippen LogP contribution in [0.3, 0.4) is 0 Å². The van der Waals surface area contributed by atoms with Crippen LogP contribution in [-0.2, 0) is 9.53 Å². The van der Waals surface area contributed by atoms with Gasteiger partial charge in [0.1, 0.15) is 5.78 Å². The number of rotatable bonds is 4. The number of methoxy groups -OCH3 is 1.